The Labute approximate surface area is 171 Å². The Bertz CT molecular complexity index is 725. The molecule has 1 heterocycles. The van der Waals surface area contributed by atoms with Crippen molar-refractivity contribution < 1.29 is 0 Å². The molecular formula is C20H27Cl2N5. The van der Waals surface area contributed by atoms with Crippen molar-refractivity contribution in [3.05, 3.63) is 46.1 Å². The minimum absolute atomic E-state index is 0.449. The van der Waals surface area contributed by atoms with Crippen LogP contribution in [0.5, 0.6) is 0 Å². The monoisotopic (exact) mass is 407 g/mol. The third-order valence-corrected chi connectivity index (χ3v) is 5.40. The summed E-state index contributed by atoms with van der Waals surface area (Å²) in [4.78, 5) is 10.9. The predicted molar refractivity (Wildman–Crippen MR) is 114 cm³/mol. The van der Waals surface area contributed by atoms with Crippen LogP contribution in [-0.4, -0.2) is 36.6 Å². The van der Waals surface area contributed by atoms with Crippen LogP contribution in [0.4, 0.5) is 11.8 Å². The van der Waals surface area contributed by atoms with Gasteiger partial charge in [0.1, 0.15) is 5.82 Å². The highest BCUT2D eigenvalue weighted by molar-refractivity contribution is 6.34. The maximum absolute atomic E-state index is 6.06. The molecule has 0 amide bonds. The van der Waals surface area contributed by atoms with Gasteiger partial charge in [-0.1, -0.05) is 23.2 Å². The SMILES string of the molecule is CN(C)c1ccnc(N[C@H]2CC[C@@H](CNCc3cc(Cl)cc(Cl)c3)CC2)n1. The maximum Gasteiger partial charge on any atom is 0.224 e. The normalized spacial score (nSPS) is 19.7. The molecule has 0 atom stereocenters. The molecule has 0 radical (unpaired) electrons. The summed E-state index contributed by atoms with van der Waals surface area (Å²) in [5, 5.41) is 8.41. The Morgan fingerprint density at radius 2 is 1.78 bits per heavy atom. The predicted octanol–water partition coefficient (Wildman–Crippen LogP) is 4.61. The van der Waals surface area contributed by atoms with Crippen LogP contribution in [0, 0.1) is 5.92 Å². The number of nitrogens with zero attached hydrogens (tertiary/aromatic N) is 3. The minimum atomic E-state index is 0.449. The van der Waals surface area contributed by atoms with E-state index < -0.39 is 0 Å². The number of nitrogens with one attached hydrogen (secondary N) is 2. The summed E-state index contributed by atoms with van der Waals surface area (Å²) in [6, 6.07) is 8.05. The zero-order valence-corrected chi connectivity index (χ0v) is 17.4. The van der Waals surface area contributed by atoms with Gasteiger partial charge in [-0.15, -0.1) is 0 Å². The second-order valence-electron chi connectivity index (χ2n) is 7.40. The van der Waals surface area contributed by atoms with Gasteiger partial charge < -0.3 is 15.5 Å². The zero-order valence-electron chi connectivity index (χ0n) is 15.9. The van der Waals surface area contributed by atoms with E-state index in [-0.39, 0.29) is 0 Å². The average Bonchev–Trinajstić information content (AvgIpc) is 2.63. The van der Waals surface area contributed by atoms with Crippen molar-refractivity contribution in [3.8, 4) is 0 Å². The zero-order chi connectivity index (χ0) is 19.2. The van der Waals surface area contributed by atoms with Gasteiger partial charge in [0, 0.05) is 42.9 Å². The van der Waals surface area contributed by atoms with E-state index in [4.69, 9.17) is 23.2 Å². The van der Waals surface area contributed by atoms with Crippen LogP contribution < -0.4 is 15.5 Å². The number of benzene rings is 1. The molecule has 5 nitrogen and oxygen atoms in total. The van der Waals surface area contributed by atoms with Crippen LogP contribution >= 0.6 is 23.2 Å². The maximum atomic E-state index is 6.06. The van der Waals surface area contributed by atoms with Crippen molar-refractivity contribution in [1.29, 1.82) is 0 Å². The first kappa shape index (κ1) is 20.2. The third kappa shape index (κ3) is 6.23. The molecule has 1 fully saturated rings. The first-order valence-electron chi connectivity index (χ1n) is 9.42. The van der Waals surface area contributed by atoms with Gasteiger partial charge in [-0.05, 0) is 68.0 Å². The highest BCUT2D eigenvalue weighted by Crippen LogP contribution is 2.26. The van der Waals surface area contributed by atoms with Crippen molar-refractivity contribution in [2.75, 3.05) is 30.9 Å². The lowest BCUT2D eigenvalue weighted by molar-refractivity contribution is 0.324. The minimum Gasteiger partial charge on any atom is -0.363 e. The lowest BCUT2D eigenvalue weighted by Crippen LogP contribution is -2.31. The highest BCUT2D eigenvalue weighted by Gasteiger charge is 2.21. The molecule has 2 aromatic rings. The van der Waals surface area contributed by atoms with E-state index in [1.54, 1.807) is 6.07 Å². The molecule has 1 saturated carbocycles. The quantitative estimate of drug-likeness (QED) is 0.701. The summed E-state index contributed by atoms with van der Waals surface area (Å²) in [6.45, 7) is 1.81. The topological polar surface area (TPSA) is 53.1 Å². The summed E-state index contributed by atoms with van der Waals surface area (Å²) < 4.78 is 0. The number of halogens is 2. The summed E-state index contributed by atoms with van der Waals surface area (Å²) in [5.74, 6) is 2.35. The molecule has 1 aliphatic rings. The molecule has 1 aliphatic carbocycles. The lowest BCUT2D eigenvalue weighted by atomic mass is 9.86. The van der Waals surface area contributed by atoms with Crippen LogP contribution in [0.3, 0.4) is 0 Å². The Balaban J connectivity index is 1.40. The standard InChI is InChI=1S/C20H27Cl2N5/c1-27(2)19-7-8-24-20(26-19)25-18-5-3-14(4-6-18)12-23-13-15-9-16(21)11-17(22)10-15/h7-11,14,18,23H,3-6,12-13H2,1-2H3,(H,24,25,26)/t14-,18+. The molecule has 0 saturated heterocycles. The van der Waals surface area contributed by atoms with Gasteiger partial charge in [0.05, 0.1) is 0 Å². The number of anilines is 2. The number of hydrogen-bond acceptors (Lipinski definition) is 5. The number of rotatable bonds is 7. The second kappa shape index (κ2) is 9.58. The Morgan fingerprint density at radius 3 is 2.44 bits per heavy atom. The van der Waals surface area contributed by atoms with E-state index in [0.717, 1.165) is 43.3 Å². The molecule has 0 aliphatic heterocycles. The van der Waals surface area contributed by atoms with E-state index in [0.29, 0.717) is 22.0 Å². The molecule has 1 aromatic carbocycles. The smallest absolute Gasteiger partial charge is 0.224 e. The fraction of sp³-hybridized carbons (Fsp3) is 0.500. The molecule has 27 heavy (non-hydrogen) atoms. The number of aromatic nitrogens is 2. The van der Waals surface area contributed by atoms with Crippen molar-refractivity contribution in [2.45, 2.75) is 38.3 Å². The molecule has 146 valence electrons. The largest absolute Gasteiger partial charge is 0.363 e. The van der Waals surface area contributed by atoms with Crippen LogP contribution in [-0.2, 0) is 6.54 Å². The average molecular weight is 408 g/mol. The summed E-state index contributed by atoms with van der Waals surface area (Å²) >= 11 is 12.1. The Hall–Kier alpha value is -1.56. The van der Waals surface area contributed by atoms with Gasteiger partial charge >= 0.3 is 0 Å². The van der Waals surface area contributed by atoms with Gasteiger partial charge in [0.15, 0.2) is 0 Å². The molecule has 0 spiro atoms. The van der Waals surface area contributed by atoms with E-state index in [1.807, 2.05) is 43.4 Å². The first-order chi connectivity index (χ1) is 13.0. The van der Waals surface area contributed by atoms with E-state index in [9.17, 15) is 0 Å². The van der Waals surface area contributed by atoms with Crippen LogP contribution in [0.15, 0.2) is 30.5 Å². The first-order valence-corrected chi connectivity index (χ1v) is 10.2. The summed E-state index contributed by atoms with van der Waals surface area (Å²) in [7, 11) is 3.98. The van der Waals surface area contributed by atoms with E-state index in [1.165, 1.54) is 12.8 Å². The number of hydrogen-bond donors (Lipinski definition) is 2. The van der Waals surface area contributed by atoms with Gasteiger partial charge in [-0.3, -0.25) is 0 Å². The molecule has 7 heteroatoms. The van der Waals surface area contributed by atoms with Crippen LogP contribution in [0.1, 0.15) is 31.2 Å². The van der Waals surface area contributed by atoms with Crippen molar-refractivity contribution in [1.82, 2.24) is 15.3 Å². The fourth-order valence-electron chi connectivity index (χ4n) is 3.49. The lowest BCUT2D eigenvalue weighted by Gasteiger charge is -2.29. The van der Waals surface area contributed by atoms with E-state index in [2.05, 4.69) is 20.6 Å². The Morgan fingerprint density at radius 1 is 1.07 bits per heavy atom. The summed E-state index contributed by atoms with van der Waals surface area (Å²) in [5.41, 5.74) is 1.13. The molecule has 0 unspecified atom stereocenters. The molecule has 3 rings (SSSR count). The molecule has 0 bridgehead atoms. The Kier molecular flexibility index (Phi) is 7.16. The van der Waals surface area contributed by atoms with Gasteiger partial charge in [0.25, 0.3) is 0 Å². The van der Waals surface area contributed by atoms with Gasteiger partial charge in [-0.2, -0.15) is 4.98 Å². The van der Waals surface area contributed by atoms with Gasteiger partial charge in [0.2, 0.25) is 5.95 Å². The highest BCUT2D eigenvalue weighted by atomic mass is 35.5. The van der Waals surface area contributed by atoms with Crippen LogP contribution in [0.25, 0.3) is 0 Å². The van der Waals surface area contributed by atoms with Gasteiger partial charge in [-0.25, -0.2) is 4.98 Å². The third-order valence-electron chi connectivity index (χ3n) is 4.96. The molecular weight excluding hydrogens is 381 g/mol. The van der Waals surface area contributed by atoms with Crippen molar-refractivity contribution >= 4 is 35.0 Å². The van der Waals surface area contributed by atoms with E-state index >= 15 is 0 Å². The summed E-state index contributed by atoms with van der Waals surface area (Å²) in [6.07, 6.45) is 6.50. The molecule has 2 N–H and O–H groups in total. The molecule has 1 aromatic heterocycles. The van der Waals surface area contributed by atoms with Crippen molar-refractivity contribution in [3.63, 3.8) is 0 Å². The van der Waals surface area contributed by atoms with Crippen molar-refractivity contribution in [2.24, 2.45) is 5.92 Å². The second-order valence-corrected chi connectivity index (χ2v) is 8.28. The fourth-order valence-corrected chi connectivity index (χ4v) is 4.07. The van der Waals surface area contributed by atoms with Crippen LogP contribution in [0.2, 0.25) is 10.0 Å².